The van der Waals surface area contributed by atoms with Crippen LogP contribution < -0.4 is 16.0 Å². The van der Waals surface area contributed by atoms with E-state index in [1.54, 1.807) is 0 Å². The van der Waals surface area contributed by atoms with Gasteiger partial charge < -0.3 is 16.0 Å². The molecule has 0 saturated carbocycles. The van der Waals surface area contributed by atoms with E-state index in [1.807, 2.05) is 24.3 Å². The van der Waals surface area contributed by atoms with Gasteiger partial charge in [-0.05, 0) is 58.2 Å². The monoisotopic (exact) mass is 367 g/mol. The van der Waals surface area contributed by atoms with Crippen LogP contribution in [-0.4, -0.2) is 23.2 Å². The number of hydrogen-bond acceptors (Lipinski definition) is 2. The van der Waals surface area contributed by atoms with E-state index in [0.29, 0.717) is 6.54 Å². The third kappa shape index (κ3) is 5.29. The molecule has 1 heterocycles. The Balaban J connectivity index is 1.85. The maximum absolute atomic E-state index is 12.1. The highest BCUT2D eigenvalue weighted by molar-refractivity contribution is 9.10. The van der Waals surface area contributed by atoms with Crippen LogP contribution in [0.2, 0.25) is 0 Å². The second-order valence-corrected chi connectivity index (χ2v) is 8.37. The van der Waals surface area contributed by atoms with Crippen molar-refractivity contribution in [2.75, 3.05) is 0 Å². The lowest BCUT2D eigenvalue weighted by Crippen LogP contribution is -2.62. The normalized spacial score (nSPS) is 20.4. The van der Waals surface area contributed by atoms with Gasteiger partial charge in [-0.3, -0.25) is 0 Å². The maximum Gasteiger partial charge on any atom is 0.315 e. The Labute approximate surface area is 141 Å². The summed E-state index contributed by atoms with van der Waals surface area (Å²) >= 11 is 3.41. The predicted octanol–water partition coefficient (Wildman–Crippen LogP) is 3.56. The first-order valence-electron chi connectivity index (χ1n) is 7.73. The molecule has 0 aromatic heterocycles. The number of halogens is 1. The van der Waals surface area contributed by atoms with Gasteiger partial charge in [0, 0.05) is 28.1 Å². The number of nitrogens with one attached hydrogen (secondary N) is 3. The first kappa shape index (κ1) is 17.3. The van der Waals surface area contributed by atoms with Gasteiger partial charge in [-0.1, -0.05) is 28.1 Å². The third-order valence-electron chi connectivity index (χ3n) is 3.89. The minimum absolute atomic E-state index is 0.0331. The fraction of sp³-hybridized carbons (Fsp3) is 0.588. The molecule has 0 spiro atoms. The van der Waals surface area contributed by atoms with Gasteiger partial charge >= 0.3 is 6.03 Å². The first-order chi connectivity index (χ1) is 10.2. The molecule has 2 rings (SSSR count). The molecule has 0 unspecified atom stereocenters. The fourth-order valence-electron chi connectivity index (χ4n) is 3.45. The number of carbonyl (C=O) groups is 1. The summed E-state index contributed by atoms with van der Waals surface area (Å²) < 4.78 is 1.04. The van der Waals surface area contributed by atoms with Crippen molar-refractivity contribution >= 4 is 22.0 Å². The minimum atomic E-state index is -0.0959. The van der Waals surface area contributed by atoms with Crippen LogP contribution in [0, 0.1) is 0 Å². The molecule has 1 aromatic rings. The molecule has 0 aliphatic carbocycles. The molecule has 1 fully saturated rings. The lowest BCUT2D eigenvalue weighted by molar-refractivity contribution is 0.147. The van der Waals surface area contributed by atoms with E-state index in [4.69, 9.17) is 0 Å². The second kappa shape index (κ2) is 6.59. The van der Waals surface area contributed by atoms with E-state index >= 15 is 0 Å². The van der Waals surface area contributed by atoms with Crippen molar-refractivity contribution in [3.63, 3.8) is 0 Å². The van der Waals surface area contributed by atoms with Crippen LogP contribution in [0.5, 0.6) is 0 Å². The van der Waals surface area contributed by atoms with Crippen molar-refractivity contribution in [3.05, 3.63) is 34.3 Å². The van der Waals surface area contributed by atoms with E-state index in [9.17, 15) is 4.79 Å². The smallest absolute Gasteiger partial charge is 0.315 e. The number of carbonyl (C=O) groups excluding carboxylic acids is 1. The molecule has 22 heavy (non-hydrogen) atoms. The lowest BCUT2D eigenvalue weighted by atomic mass is 9.80. The lowest BCUT2D eigenvalue weighted by Gasteiger charge is -2.46. The average molecular weight is 368 g/mol. The number of benzene rings is 1. The Morgan fingerprint density at radius 2 is 1.73 bits per heavy atom. The van der Waals surface area contributed by atoms with Gasteiger partial charge in [0.05, 0.1) is 0 Å². The van der Waals surface area contributed by atoms with Crippen LogP contribution in [0.4, 0.5) is 4.79 Å². The summed E-state index contributed by atoms with van der Waals surface area (Å²) in [5.74, 6) is 0. The summed E-state index contributed by atoms with van der Waals surface area (Å²) in [6, 6.07) is 8.06. The molecule has 3 N–H and O–H groups in total. The van der Waals surface area contributed by atoms with E-state index in [-0.39, 0.29) is 23.2 Å². The van der Waals surface area contributed by atoms with Crippen LogP contribution in [0.15, 0.2) is 28.7 Å². The largest absolute Gasteiger partial charge is 0.335 e. The highest BCUT2D eigenvalue weighted by atomic mass is 79.9. The van der Waals surface area contributed by atoms with Gasteiger partial charge in [0.15, 0.2) is 0 Å². The molecule has 2 amide bonds. The van der Waals surface area contributed by atoms with Gasteiger partial charge in [0.25, 0.3) is 0 Å². The summed E-state index contributed by atoms with van der Waals surface area (Å²) in [5.41, 5.74) is 1.15. The number of rotatable bonds is 3. The summed E-state index contributed by atoms with van der Waals surface area (Å²) in [5, 5.41) is 9.67. The molecule has 1 aromatic carbocycles. The standard InChI is InChI=1S/C17H26BrN3O/c1-16(2)9-14(10-17(3,4)21-16)20-15(22)19-11-12-5-7-13(18)8-6-12/h5-8,14,21H,9-11H2,1-4H3,(H2,19,20,22). The molecule has 1 saturated heterocycles. The second-order valence-electron chi connectivity index (χ2n) is 7.45. The van der Waals surface area contributed by atoms with Crippen molar-refractivity contribution < 1.29 is 4.79 Å². The van der Waals surface area contributed by atoms with Crippen LogP contribution in [0.1, 0.15) is 46.1 Å². The Morgan fingerprint density at radius 3 is 2.27 bits per heavy atom. The van der Waals surface area contributed by atoms with Crippen molar-refractivity contribution in [2.24, 2.45) is 0 Å². The molecule has 5 heteroatoms. The van der Waals surface area contributed by atoms with Gasteiger partial charge in [-0.2, -0.15) is 0 Å². The number of amides is 2. The van der Waals surface area contributed by atoms with Crippen molar-refractivity contribution in [1.29, 1.82) is 0 Å². The van der Waals surface area contributed by atoms with Crippen LogP contribution >= 0.6 is 15.9 Å². The molecular formula is C17H26BrN3O. The minimum Gasteiger partial charge on any atom is -0.335 e. The van der Waals surface area contributed by atoms with Gasteiger partial charge in [-0.15, -0.1) is 0 Å². The molecule has 4 nitrogen and oxygen atoms in total. The van der Waals surface area contributed by atoms with Crippen LogP contribution in [-0.2, 0) is 6.54 Å². The maximum atomic E-state index is 12.1. The third-order valence-corrected chi connectivity index (χ3v) is 4.42. The summed E-state index contributed by atoms with van der Waals surface area (Å²) in [7, 11) is 0. The predicted molar refractivity (Wildman–Crippen MR) is 93.8 cm³/mol. The Morgan fingerprint density at radius 1 is 1.18 bits per heavy atom. The molecule has 1 aliphatic heterocycles. The van der Waals surface area contributed by atoms with E-state index < -0.39 is 0 Å². The molecule has 0 atom stereocenters. The molecular weight excluding hydrogens is 342 g/mol. The Kier molecular flexibility index (Phi) is 5.17. The topological polar surface area (TPSA) is 53.2 Å². The van der Waals surface area contributed by atoms with E-state index in [2.05, 4.69) is 59.6 Å². The molecule has 1 aliphatic rings. The SMILES string of the molecule is CC1(C)CC(NC(=O)NCc2ccc(Br)cc2)CC(C)(C)N1. The zero-order valence-corrected chi connectivity index (χ0v) is 15.4. The summed E-state index contributed by atoms with van der Waals surface area (Å²) in [6.45, 7) is 9.27. The zero-order valence-electron chi connectivity index (χ0n) is 13.8. The fourth-order valence-corrected chi connectivity index (χ4v) is 3.71. The molecule has 0 bridgehead atoms. The van der Waals surface area contributed by atoms with E-state index in [1.165, 1.54) is 0 Å². The van der Waals surface area contributed by atoms with Gasteiger partial charge in [0.1, 0.15) is 0 Å². The quantitative estimate of drug-likeness (QED) is 0.764. The van der Waals surface area contributed by atoms with Crippen molar-refractivity contribution in [3.8, 4) is 0 Å². The molecule has 0 radical (unpaired) electrons. The summed E-state index contributed by atoms with van der Waals surface area (Å²) in [6.07, 6.45) is 1.87. The van der Waals surface area contributed by atoms with Gasteiger partial charge in [-0.25, -0.2) is 4.79 Å². The number of hydrogen-bond donors (Lipinski definition) is 3. The highest BCUT2D eigenvalue weighted by Crippen LogP contribution is 2.28. The van der Waals surface area contributed by atoms with Crippen molar-refractivity contribution in [2.45, 2.75) is 64.2 Å². The molecule has 122 valence electrons. The van der Waals surface area contributed by atoms with E-state index in [0.717, 1.165) is 22.9 Å². The van der Waals surface area contributed by atoms with Crippen molar-refractivity contribution in [1.82, 2.24) is 16.0 Å². The number of urea groups is 1. The Hall–Kier alpha value is -1.07. The van der Waals surface area contributed by atoms with Gasteiger partial charge in [0.2, 0.25) is 0 Å². The number of piperidine rings is 1. The first-order valence-corrected chi connectivity index (χ1v) is 8.53. The highest BCUT2D eigenvalue weighted by Gasteiger charge is 2.38. The van der Waals surface area contributed by atoms with Crippen LogP contribution in [0.3, 0.4) is 0 Å². The zero-order chi connectivity index (χ0) is 16.4. The average Bonchev–Trinajstić information content (AvgIpc) is 2.34. The van der Waals surface area contributed by atoms with Crippen LogP contribution in [0.25, 0.3) is 0 Å². The Bertz CT molecular complexity index is 509. The summed E-state index contributed by atoms with van der Waals surface area (Å²) in [4.78, 5) is 12.1.